The molecule has 11 heavy (non-hydrogen) atoms. The zero-order chi connectivity index (χ0) is 8.10. The van der Waals surface area contributed by atoms with Gasteiger partial charge in [-0.15, -0.1) is 0 Å². The quantitative estimate of drug-likeness (QED) is 0.526. The molecule has 1 aliphatic carbocycles. The molecular weight excluding hydrogens is 132 g/mol. The standard InChI is InChI=1S/C11H16/c1-3-4-5-6-11-8-7-10(2)9-11/h3-6,9-10H,7-8H2,1-2H3/b4-3-,6-5-. The molecule has 0 saturated carbocycles. The molecule has 0 aliphatic heterocycles. The minimum atomic E-state index is 0.792. The van der Waals surface area contributed by atoms with Crippen molar-refractivity contribution in [1.29, 1.82) is 0 Å². The minimum absolute atomic E-state index is 0.792. The van der Waals surface area contributed by atoms with Crippen LogP contribution in [0.15, 0.2) is 36.0 Å². The van der Waals surface area contributed by atoms with E-state index in [9.17, 15) is 0 Å². The second-order valence-electron chi connectivity index (χ2n) is 3.14. The van der Waals surface area contributed by atoms with Crippen LogP contribution in [0.3, 0.4) is 0 Å². The van der Waals surface area contributed by atoms with Gasteiger partial charge in [-0.05, 0) is 25.7 Å². The van der Waals surface area contributed by atoms with Crippen molar-refractivity contribution in [3.8, 4) is 0 Å². The molecule has 0 heterocycles. The first kappa shape index (κ1) is 8.32. The molecule has 0 aromatic rings. The summed E-state index contributed by atoms with van der Waals surface area (Å²) in [5.41, 5.74) is 1.50. The summed E-state index contributed by atoms with van der Waals surface area (Å²) in [6.45, 7) is 4.31. The van der Waals surface area contributed by atoms with Gasteiger partial charge in [-0.2, -0.15) is 0 Å². The highest BCUT2D eigenvalue weighted by atomic mass is 14.1. The fourth-order valence-electron chi connectivity index (χ4n) is 1.36. The molecule has 0 amide bonds. The summed E-state index contributed by atoms with van der Waals surface area (Å²) < 4.78 is 0. The van der Waals surface area contributed by atoms with E-state index in [1.165, 1.54) is 18.4 Å². The highest BCUT2D eigenvalue weighted by molar-refractivity contribution is 5.25. The highest BCUT2D eigenvalue weighted by Crippen LogP contribution is 2.23. The fraction of sp³-hybridized carbons (Fsp3) is 0.455. The molecule has 0 radical (unpaired) electrons. The van der Waals surface area contributed by atoms with Gasteiger partial charge < -0.3 is 0 Å². The summed E-state index contributed by atoms with van der Waals surface area (Å²) in [4.78, 5) is 0. The minimum Gasteiger partial charge on any atom is -0.0877 e. The Morgan fingerprint density at radius 2 is 2.27 bits per heavy atom. The van der Waals surface area contributed by atoms with Crippen LogP contribution in [-0.4, -0.2) is 0 Å². The lowest BCUT2D eigenvalue weighted by molar-refractivity contribution is 0.699. The second kappa shape index (κ2) is 4.17. The molecule has 0 heteroatoms. The monoisotopic (exact) mass is 148 g/mol. The maximum absolute atomic E-state index is 2.36. The number of hydrogen-bond donors (Lipinski definition) is 0. The highest BCUT2D eigenvalue weighted by Gasteiger charge is 2.07. The van der Waals surface area contributed by atoms with E-state index in [1.807, 2.05) is 6.92 Å². The van der Waals surface area contributed by atoms with Crippen LogP contribution < -0.4 is 0 Å². The van der Waals surface area contributed by atoms with Crippen LogP contribution in [0, 0.1) is 5.92 Å². The van der Waals surface area contributed by atoms with Crippen molar-refractivity contribution < 1.29 is 0 Å². The first-order valence-electron chi connectivity index (χ1n) is 4.33. The van der Waals surface area contributed by atoms with E-state index in [1.54, 1.807) is 0 Å². The molecular formula is C11H16. The topological polar surface area (TPSA) is 0 Å². The first-order chi connectivity index (χ1) is 5.33. The van der Waals surface area contributed by atoms with Gasteiger partial charge in [-0.25, -0.2) is 0 Å². The Kier molecular flexibility index (Phi) is 3.15. The Bertz CT molecular complexity index is 194. The Hall–Kier alpha value is -0.780. The van der Waals surface area contributed by atoms with E-state index in [-0.39, 0.29) is 0 Å². The van der Waals surface area contributed by atoms with E-state index < -0.39 is 0 Å². The lowest BCUT2D eigenvalue weighted by Crippen LogP contribution is -1.76. The van der Waals surface area contributed by atoms with E-state index in [0.717, 1.165) is 5.92 Å². The Morgan fingerprint density at radius 1 is 1.45 bits per heavy atom. The zero-order valence-electron chi connectivity index (χ0n) is 7.38. The van der Waals surface area contributed by atoms with Crippen LogP contribution in [0.4, 0.5) is 0 Å². The maximum Gasteiger partial charge on any atom is -0.0253 e. The van der Waals surface area contributed by atoms with Crippen LogP contribution in [-0.2, 0) is 0 Å². The van der Waals surface area contributed by atoms with Crippen molar-refractivity contribution in [2.75, 3.05) is 0 Å². The third kappa shape index (κ3) is 2.75. The third-order valence-electron chi connectivity index (χ3n) is 2.00. The van der Waals surface area contributed by atoms with Crippen LogP contribution >= 0.6 is 0 Å². The van der Waals surface area contributed by atoms with E-state index in [0.29, 0.717) is 0 Å². The fourth-order valence-corrected chi connectivity index (χ4v) is 1.36. The van der Waals surface area contributed by atoms with Gasteiger partial charge >= 0.3 is 0 Å². The molecule has 0 spiro atoms. The average Bonchev–Trinajstić information content (AvgIpc) is 2.37. The molecule has 0 aromatic heterocycles. The number of allylic oxidation sites excluding steroid dienone is 6. The van der Waals surface area contributed by atoms with E-state index >= 15 is 0 Å². The third-order valence-corrected chi connectivity index (χ3v) is 2.00. The number of hydrogen-bond acceptors (Lipinski definition) is 0. The predicted octanol–water partition coefficient (Wildman–Crippen LogP) is 3.48. The molecule has 0 aromatic carbocycles. The van der Waals surface area contributed by atoms with Crippen LogP contribution in [0.5, 0.6) is 0 Å². The van der Waals surface area contributed by atoms with E-state index in [4.69, 9.17) is 0 Å². The largest absolute Gasteiger partial charge is 0.0877 e. The molecule has 0 fully saturated rings. The Balaban J connectivity index is 2.44. The van der Waals surface area contributed by atoms with Crippen molar-refractivity contribution in [2.45, 2.75) is 26.7 Å². The van der Waals surface area contributed by atoms with Gasteiger partial charge in [0.1, 0.15) is 0 Å². The van der Waals surface area contributed by atoms with Gasteiger partial charge in [-0.3, -0.25) is 0 Å². The summed E-state index contributed by atoms with van der Waals surface area (Å²) in [6, 6.07) is 0. The van der Waals surface area contributed by atoms with Crippen LogP contribution in [0.2, 0.25) is 0 Å². The predicted molar refractivity (Wildman–Crippen MR) is 50.4 cm³/mol. The molecule has 0 N–H and O–H groups in total. The van der Waals surface area contributed by atoms with Gasteiger partial charge in [-0.1, -0.05) is 42.9 Å². The summed E-state index contributed by atoms with van der Waals surface area (Å²) in [7, 11) is 0. The van der Waals surface area contributed by atoms with Gasteiger partial charge in [0.25, 0.3) is 0 Å². The van der Waals surface area contributed by atoms with Crippen molar-refractivity contribution in [3.05, 3.63) is 36.0 Å². The Labute approximate surface area is 69.3 Å². The van der Waals surface area contributed by atoms with Crippen molar-refractivity contribution in [3.63, 3.8) is 0 Å². The average molecular weight is 148 g/mol. The second-order valence-corrected chi connectivity index (χ2v) is 3.14. The number of rotatable bonds is 2. The van der Waals surface area contributed by atoms with Crippen molar-refractivity contribution in [2.24, 2.45) is 5.92 Å². The summed E-state index contributed by atoms with van der Waals surface area (Å²) in [6.07, 6.45) is 13.4. The zero-order valence-corrected chi connectivity index (χ0v) is 7.38. The molecule has 60 valence electrons. The lowest BCUT2D eigenvalue weighted by Gasteiger charge is -1.89. The molecule has 1 aliphatic rings. The summed E-state index contributed by atoms with van der Waals surface area (Å²) >= 11 is 0. The van der Waals surface area contributed by atoms with Crippen molar-refractivity contribution >= 4 is 0 Å². The summed E-state index contributed by atoms with van der Waals surface area (Å²) in [5, 5.41) is 0. The van der Waals surface area contributed by atoms with Gasteiger partial charge in [0.05, 0.1) is 0 Å². The Morgan fingerprint density at radius 3 is 2.82 bits per heavy atom. The molecule has 1 atom stereocenters. The van der Waals surface area contributed by atoms with Crippen LogP contribution in [0.1, 0.15) is 26.7 Å². The normalized spacial score (nSPS) is 25.3. The molecule has 0 bridgehead atoms. The first-order valence-corrected chi connectivity index (χ1v) is 4.33. The van der Waals surface area contributed by atoms with E-state index in [2.05, 4.69) is 37.3 Å². The van der Waals surface area contributed by atoms with Crippen LogP contribution in [0.25, 0.3) is 0 Å². The lowest BCUT2D eigenvalue weighted by atomic mass is 10.2. The molecule has 1 rings (SSSR count). The van der Waals surface area contributed by atoms with Crippen molar-refractivity contribution in [1.82, 2.24) is 0 Å². The molecule has 1 unspecified atom stereocenters. The smallest absolute Gasteiger partial charge is 0.0253 e. The van der Waals surface area contributed by atoms with Gasteiger partial charge in [0.2, 0.25) is 0 Å². The SMILES string of the molecule is C/C=C\C=C/C1=CC(C)CC1. The summed E-state index contributed by atoms with van der Waals surface area (Å²) in [5.74, 6) is 0.792. The molecule has 0 nitrogen and oxygen atoms in total. The molecule has 0 saturated heterocycles. The van der Waals surface area contributed by atoms with Gasteiger partial charge in [0.15, 0.2) is 0 Å². The maximum atomic E-state index is 2.36. The van der Waals surface area contributed by atoms with Gasteiger partial charge in [0, 0.05) is 0 Å².